The SMILES string of the molecule is CC(C)(C(=O)CCc1ccc(Cl)c(C(=O)Cc2ccc(OCC(F)F)c(C(=O)NC3CCSCC3)c2)c1)C(F)(F)F. The highest BCUT2D eigenvalue weighted by atomic mass is 35.5. The summed E-state index contributed by atoms with van der Waals surface area (Å²) in [5.41, 5.74) is -1.49. The van der Waals surface area contributed by atoms with Crippen LogP contribution in [0.15, 0.2) is 36.4 Å². The van der Waals surface area contributed by atoms with E-state index >= 15 is 0 Å². The van der Waals surface area contributed by atoms with Crippen molar-refractivity contribution >= 4 is 40.8 Å². The van der Waals surface area contributed by atoms with E-state index in [9.17, 15) is 36.3 Å². The van der Waals surface area contributed by atoms with Crippen LogP contribution in [0.5, 0.6) is 5.75 Å². The Kier molecular flexibility index (Phi) is 11.2. The average Bonchev–Trinajstić information content (AvgIpc) is 2.91. The molecule has 12 heteroatoms. The maximum Gasteiger partial charge on any atom is 0.400 e. The highest BCUT2D eigenvalue weighted by Crippen LogP contribution is 2.39. The summed E-state index contributed by atoms with van der Waals surface area (Å²) in [5, 5.41) is 3.03. The Balaban J connectivity index is 1.77. The number of rotatable bonds is 12. The normalized spacial score (nSPS) is 14.7. The molecule has 0 bridgehead atoms. The third-order valence-electron chi connectivity index (χ3n) is 6.95. The monoisotopic (exact) mass is 619 g/mol. The predicted octanol–water partition coefficient (Wildman–Crippen LogP) is 7.12. The number of aryl methyl sites for hydroxylation is 1. The zero-order valence-corrected chi connectivity index (χ0v) is 24.2. The van der Waals surface area contributed by atoms with Gasteiger partial charge in [-0.15, -0.1) is 0 Å². The van der Waals surface area contributed by atoms with E-state index < -0.39 is 42.1 Å². The molecule has 1 heterocycles. The molecule has 0 saturated carbocycles. The fourth-order valence-electron chi connectivity index (χ4n) is 4.20. The van der Waals surface area contributed by atoms with Crippen LogP contribution in [0.4, 0.5) is 22.0 Å². The highest BCUT2D eigenvalue weighted by molar-refractivity contribution is 7.99. The van der Waals surface area contributed by atoms with Gasteiger partial charge in [0.2, 0.25) is 0 Å². The van der Waals surface area contributed by atoms with Crippen LogP contribution < -0.4 is 10.1 Å². The minimum Gasteiger partial charge on any atom is -0.487 e. The lowest BCUT2D eigenvalue weighted by Crippen LogP contribution is -2.39. The van der Waals surface area contributed by atoms with Crippen molar-refractivity contribution in [3.63, 3.8) is 0 Å². The van der Waals surface area contributed by atoms with Gasteiger partial charge in [-0.3, -0.25) is 14.4 Å². The van der Waals surface area contributed by atoms with E-state index in [2.05, 4.69) is 5.32 Å². The number of halogens is 6. The van der Waals surface area contributed by atoms with E-state index in [-0.39, 0.29) is 47.2 Å². The van der Waals surface area contributed by atoms with Gasteiger partial charge >= 0.3 is 6.18 Å². The number of carbonyl (C=O) groups excluding carboxylic acids is 3. The number of carbonyl (C=O) groups is 3. The maximum absolute atomic E-state index is 13.2. The van der Waals surface area contributed by atoms with Gasteiger partial charge in [-0.25, -0.2) is 8.78 Å². The lowest BCUT2D eigenvalue weighted by atomic mass is 9.84. The zero-order valence-electron chi connectivity index (χ0n) is 22.6. The second-order valence-electron chi connectivity index (χ2n) is 10.4. The van der Waals surface area contributed by atoms with Crippen LogP contribution in [-0.2, 0) is 17.6 Å². The maximum atomic E-state index is 13.2. The molecule has 1 aliphatic rings. The number of alkyl halides is 5. The molecule has 224 valence electrons. The number of ether oxygens (including phenoxy) is 1. The van der Waals surface area contributed by atoms with Crippen molar-refractivity contribution < 1.29 is 41.1 Å². The predicted molar refractivity (Wildman–Crippen MR) is 148 cm³/mol. The second-order valence-corrected chi connectivity index (χ2v) is 12.0. The van der Waals surface area contributed by atoms with Crippen molar-refractivity contribution in [2.24, 2.45) is 5.41 Å². The van der Waals surface area contributed by atoms with Crippen molar-refractivity contribution in [1.29, 1.82) is 0 Å². The number of ketones is 2. The van der Waals surface area contributed by atoms with Gasteiger partial charge in [-0.1, -0.05) is 23.7 Å². The molecule has 0 atom stereocenters. The van der Waals surface area contributed by atoms with Crippen LogP contribution in [0.1, 0.15) is 65.0 Å². The molecule has 41 heavy (non-hydrogen) atoms. The number of Topliss-reactive ketones (excluding diaryl/α,β-unsaturated/α-hetero) is 2. The number of benzene rings is 2. The summed E-state index contributed by atoms with van der Waals surface area (Å²) in [7, 11) is 0. The summed E-state index contributed by atoms with van der Waals surface area (Å²) in [6, 6.07) is 8.62. The minimum absolute atomic E-state index is 0.0179. The molecule has 1 saturated heterocycles. The van der Waals surface area contributed by atoms with E-state index in [1.165, 1.54) is 36.4 Å². The van der Waals surface area contributed by atoms with Crippen LogP contribution in [0.2, 0.25) is 5.02 Å². The molecule has 1 fully saturated rings. The highest BCUT2D eigenvalue weighted by Gasteiger charge is 2.51. The fourth-order valence-corrected chi connectivity index (χ4v) is 5.53. The average molecular weight is 620 g/mol. The number of nitrogens with one attached hydrogen (secondary N) is 1. The van der Waals surface area contributed by atoms with Gasteiger partial charge in [-0.05, 0) is 80.0 Å². The standard InChI is InChI=1S/C29H31ClF5NO4S/c1-28(2,29(33,34)35)25(38)8-5-17-3-6-22(30)20(13-17)23(37)15-18-4-7-24(40-16-26(31)32)21(14-18)27(39)36-19-9-11-41-12-10-19/h3-4,6-7,13-14,19,26H,5,8-12,15-16H2,1-2H3,(H,36,39). The molecular weight excluding hydrogens is 589 g/mol. The quantitative estimate of drug-likeness (QED) is 0.202. The Morgan fingerprint density at radius 2 is 1.66 bits per heavy atom. The molecule has 3 rings (SSSR count). The third-order valence-corrected chi connectivity index (χ3v) is 8.33. The molecule has 2 aromatic rings. The van der Waals surface area contributed by atoms with E-state index in [0.29, 0.717) is 11.1 Å². The summed E-state index contributed by atoms with van der Waals surface area (Å²) < 4.78 is 70.3. The number of hydrogen-bond donors (Lipinski definition) is 1. The van der Waals surface area contributed by atoms with Gasteiger partial charge in [0.25, 0.3) is 12.3 Å². The molecule has 0 unspecified atom stereocenters. The first-order valence-electron chi connectivity index (χ1n) is 13.0. The number of thioether (sulfide) groups is 1. The molecule has 0 radical (unpaired) electrons. The summed E-state index contributed by atoms with van der Waals surface area (Å²) in [4.78, 5) is 38.5. The smallest absolute Gasteiger partial charge is 0.400 e. The van der Waals surface area contributed by atoms with Gasteiger partial charge < -0.3 is 10.1 Å². The summed E-state index contributed by atoms with van der Waals surface area (Å²) in [6.45, 7) is 0.765. The topological polar surface area (TPSA) is 72.5 Å². The van der Waals surface area contributed by atoms with E-state index in [0.717, 1.165) is 38.2 Å². The molecule has 0 spiro atoms. The van der Waals surface area contributed by atoms with Crippen LogP contribution in [0.25, 0.3) is 0 Å². The van der Waals surface area contributed by atoms with Crippen LogP contribution >= 0.6 is 23.4 Å². The lowest BCUT2D eigenvalue weighted by molar-refractivity contribution is -0.210. The molecule has 0 aromatic heterocycles. The fraction of sp³-hybridized carbons (Fsp3) is 0.483. The molecule has 1 amide bonds. The first-order chi connectivity index (χ1) is 19.2. The van der Waals surface area contributed by atoms with Crippen molar-refractivity contribution in [1.82, 2.24) is 5.32 Å². The summed E-state index contributed by atoms with van der Waals surface area (Å²) >= 11 is 8.03. The van der Waals surface area contributed by atoms with Crippen molar-refractivity contribution in [2.75, 3.05) is 18.1 Å². The van der Waals surface area contributed by atoms with Gasteiger partial charge in [0.15, 0.2) is 5.78 Å². The van der Waals surface area contributed by atoms with Gasteiger partial charge in [-0.2, -0.15) is 24.9 Å². The Hall–Kier alpha value is -2.66. The molecular formula is C29H31ClF5NO4S. The van der Waals surface area contributed by atoms with E-state index in [1.807, 2.05) is 0 Å². The Bertz CT molecular complexity index is 1260. The molecule has 0 aliphatic carbocycles. The first-order valence-corrected chi connectivity index (χ1v) is 14.6. The second kappa shape index (κ2) is 14.0. The van der Waals surface area contributed by atoms with Crippen LogP contribution in [0, 0.1) is 5.41 Å². The molecule has 1 N–H and O–H groups in total. The molecule has 1 aliphatic heterocycles. The zero-order chi connectivity index (χ0) is 30.4. The van der Waals surface area contributed by atoms with Crippen molar-refractivity contribution in [3.05, 3.63) is 63.7 Å². The number of hydrogen-bond acceptors (Lipinski definition) is 5. The summed E-state index contributed by atoms with van der Waals surface area (Å²) in [5.74, 6) is -0.150. The Morgan fingerprint density at radius 3 is 2.29 bits per heavy atom. The lowest BCUT2D eigenvalue weighted by Gasteiger charge is -2.26. The first kappa shape index (κ1) is 32.8. The van der Waals surface area contributed by atoms with Crippen LogP contribution in [0.3, 0.4) is 0 Å². The Morgan fingerprint density at radius 1 is 1.02 bits per heavy atom. The third kappa shape index (κ3) is 8.91. The minimum atomic E-state index is -4.68. The van der Waals surface area contributed by atoms with Crippen molar-refractivity contribution in [2.45, 2.75) is 64.6 Å². The van der Waals surface area contributed by atoms with Gasteiger partial charge in [0, 0.05) is 24.4 Å². The van der Waals surface area contributed by atoms with E-state index in [4.69, 9.17) is 16.3 Å². The van der Waals surface area contributed by atoms with Crippen LogP contribution in [-0.4, -0.2) is 54.2 Å². The van der Waals surface area contributed by atoms with Gasteiger partial charge in [0.05, 0.1) is 10.6 Å². The summed E-state index contributed by atoms with van der Waals surface area (Å²) in [6.07, 6.45) is -6.47. The van der Waals surface area contributed by atoms with E-state index in [1.54, 1.807) is 11.8 Å². The Labute approximate surface area is 244 Å². The molecule has 5 nitrogen and oxygen atoms in total. The largest absolute Gasteiger partial charge is 0.487 e. The number of amides is 1. The van der Waals surface area contributed by atoms with Gasteiger partial charge in [0.1, 0.15) is 23.6 Å². The van der Waals surface area contributed by atoms with Crippen molar-refractivity contribution in [3.8, 4) is 5.75 Å². The molecule has 2 aromatic carbocycles.